The summed E-state index contributed by atoms with van der Waals surface area (Å²) in [4.78, 5) is 19.3. The van der Waals surface area contributed by atoms with E-state index in [1.54, 1.807) is 6.07 Å². The summed E-state index contributed by atoms with van der Waals surface area (Å²) in [5.41, 5.74) is 2.38. The maximum absolute atomic E-state index is 12.8. The molecule has 0 saturated carbocycles. The summed E-state index contributed by atoms with van der Waals surface area (Å²) < 4.78 is 5.73. The third-order valence-corrected chi connectivity index (χ3v) is 4.61. The van der Waals surface area contributed by atoms with E-state index in [1.165, 1.54) is 0 Å². The Morgan fingerprint density at radius 2 is 2.04 bits per heavy atom. The van der Waals surface area contributed by atoms with Crippen molar-refractivity contribution in [2.75, 3.05) is 13.1 Å². The van der Waals surface area contributed by atoms with Gasteiger partial charge in [0.25, 0.3) is 5.91 Å². The van der Waals surface area contributed by atoms with Gasteiger partial charge in [-0.2, -0.15) is 0 Å². The molecule has 2 bridgehead atoms. The van der Waals surface area contributed by atoms with E-state index in [1.807, 2.05) is 24.0 Å². The lowest BCUT2D eigenvalue weighted by atomic mass is 10.1. The van der Waals surface area contributed by atoms with Crippen LogP contribution in [-0.2, 0) is 0 Å². The average Bonchev–Trinajstić information content (AvgIpc) is 2.97. The number of carbonyl (C=O) groups excluding carboxylic acids is 1. The Morgan fingerprint density at radius 3 is 2.87 bits per heavy atom. The van der Waals surface area contributed by atoms with Gasteiger partial charge in [-0.15, -0.1) is 24.8 Å². The minimum atomic E-state index is 0. The van der Waals surface area contributed by atoms with Crippen LogP contribution in [0.25, 0.3) is 11.1 Å². The molecule has 2 atom stereocenters. The highest BCUT2D eigenvalue weighted by Gasteiger charge is 2.39. The molecule has 0 aliphatic carbocycles. The molecule has 4 heterocycles. The fourth-order valence-corrected chi connectivity index (χ4v) is 3.57. The Bertz CT molecular complexity index is 690. The number of carbonyl (C=O) groups is 1. The number of hydrogen-bond acceptors (Lipinski definition) is 4. The molecule has 23 heavy (non-hydrogen) atoms. The molecule has 1 N–H and O–H groups in total. The highest BCUT2D eigenvalue weighted by atomic mass is 35.5. The van der Waals surface area contributed by atoms with Crippen molar-refractivity contribution in [3.05, 3.63) is 29.7 Å². The number of fused-ring (bicyclic) bond motifs is 3. The zero-order valence-corrected chi connectivity index (χ0v) is 14.6. The molecule has 126 valence electrons. The van der Waals surface area contributed by atoms with Crippen LogP contribution in [0.1, 0.15) is 35.5 Å². The minimum absolute atomic E-state index is 0. The summed E-state index contributed by atoms with van der Waals surface area (Å²) in [6.07, 6.45) is 3.22. The molecule has 0 spiro atoms. The summed E-state index contributed by atoms with van der Waals surface area (Å²) in [6.45, 7) is 3.82. The van der Waals surface area contributed by atoms with E-state index in [0.29, 0.717) is 23.4 Å². The van der Waals surface area contributed by atoms with Crippen molar-refractivity contribution in [1.29, 1.82) is 0 Å². The number of nitrogens with one attached hydrogen (secondary N) is 1. The van der Waals surface area contributed by atoms with Gasteiger partial charge in [0.15, 0.2) is 11.3 Å². The first-order valence-electron chi connectivity index (χ1n) is 7.63. The number of aryl methyl sites for hydroxylation is 1. The predicted molar refractivity (Wildman–Crippen MR) is 93.7 cm³/mol. The lowest BCUT2D eigenvalue weighted by Gasteiger charge is -2.26. The SMILES string of the molecule is Cc1ccc2oc(C(=O)N3C4CCNCC3CC4)cc2n1.Cl.Cl. The summed E-state index contributed by atoms with van der Waals surface area (Å²) in [5.74, 6) is 0.434. The van der Waals surface area contributed by atoms with Crippen LogP contribution in [0.4, 0.5) is 0 Å². The number of furan rings is 1. The predicted octanol–water partition coefficient (Wildman–Crippen LogP) is 2.95. The molecule has 5 nitrogen and oxygen atoms in total. The van der Waals surface area contributed by atoms with Crippen LogP contribution in [0, 0.1) is 6.92 Å². The number of nitrogens with zero attached hydrogens (tertiary/aromatic N) is 2. The van der Waals surface area contributed by atoms with Gasteiger partial charge in [-0.3, -0.25) is 4.79 Å². The Morgan fingerprint density at radius 1 is 1.26 bits per heavy atom. The molecule has 4 rings (SSSR count). The fraction of sp³-hybridized carbons (Fsp3) is 0.500. The molecular formula is C16H21Cl2N3O2. The van der Waals surface area contributed by atoms with Crippen molar-refractivity contribution in [1.82, 2.24) is 15.2 Å². The zero-order chi connectivity index (χ0) is 14.4. The number of aromatic nitrogens is 1. The zero-order valence-electron chi connectivity index (χ0n) is 12.9. The number of amides is 1. The van der Waals surface area contributed by atoms with Crippen molar-refractivity contribution in [3.63, 3.8) is 0 Å². The highest BCUT2D eigenvalue weighted by Crippen LogP contribution is 2.30. The molecule has 2 fully saturated rings. The second-order valence-corrected chi connectivity index (χ2v) is 6.04. The summed E-state index contributed by atoms with van der Waals surface area (Å²) >= 11 is 0. The molecule has 2 aliphatic rings. The Kier molecular flexibility index (Phi) is 5.55. The summed E-state index contributed by atoms with van der Waals surface area (Å²) in [7, 11) is 0. The Labute approximate surface area is 147 Å². The van der Waals surface area contributed by atoms with Crippen LogP contribution in [0.3, 0.4) is 0 Å². The molecule has 1 amide bonds. The molecule has 2 saturated heterocycles. The van der Waals surface area contributed by atoms with Gasteiger partial charge in [-0.05, 0) is 44.9 Å². The first kappa shape index (κ1) is 18.0. The van der Waals surface area contributed by atoms with E-state index in [-0.39, 0.29) is 30.7 Å². The molecule has 2 aromatic heterocycles. The Hall–Kier alpha value is -1.30. The first-order valence-corrected chi connectivity index (χ1v) is 7.63. The number of rotatable bonds is 1. The standard InChI is InChI=1S/C16H19N3O2.2ClH/c1-10-2-5-14-13(18-10)8-15(21-14)16(20)19-11-3-4-12(19)9-17-7-6-11;;/h2,5,8,11-12,17H,3-4,6-7,9H2,1H3;2*1H. The molecule has 0 radical (unpaired) electrons. The van der Waals surface area contributed by atoms with Crippen LogP contribution in [0.2, 0.25) is 0 Å². The largest absolute Gasteiger partial charge is 0.449 e. The fourth-order valence-electron chi connectivity index (χ4n) is 3.57. The van der Waals surface area contributed by atoms with Gasteiger partial charge >= 0.3 is 0 Å². The van der Waals surface area contributed by atoms with Crippen molar-refractivity contribution in [3.8, 4) is 0 Å². The molecule has 2 aromatic rings. The van der Waals surface area contributed by atoms with Crippen LogP contribution in [0.15, 0.2) is 22.6 Å². The molecule has 2 unspecified atom stereocenters. The average molecular weight is 358 g/mol. The van der Waals surface area contributed by atoms with Crippen molar-refractivity contribution in [2.24, 2.45) is 0 Å². The minimum Gasteiger partial charge on any atom is -0.449 e. The van der Waals surface area contributed by atoms with E-state index >= 15 is 0 Å². The molecule has 7 heteroatoms. The second-order valence-electron chi connectivity index (χ2n) is 6.04. The summed E-state index contributed by atoms with van der Waals surface area (Å²) in [6, 6.07) is 6.21. The molecule has 2 aliphatic heterocycles. The highest BCUT2D eigenvalue weighted by molar-refractivity contribution is 5.95. The van der Waals surface area contributed by atoms with E-state index in [9.17, 15) is 4.79 Å². The van der Waals surface area contributed by atoms with Gasteiger partial charge in [0.2, 0.25) is 0 Å². The van der Waals surface area contributed by atoms with Gasteiger partial charge in [0.1, 0.15) is 5.52 Å². The third kappa shape index (κ3) is 3.18. The van der Waals surface area contributed by atoms with Gasteiger partial charge in [-0.25, -0.2) is 4.98 Å². The lowest BCUT2D eigenvalue weighted by molar-refractivity contribution is 0.0650. The first-order chi connectivity index (χ1) is 10.2. The van der Waals surface area contributed by atoms with E-state index in [4.69, 9.17) is 4.42 Å². The van der Waals surface area contributed by atoms with Crippen LogP contribution < -0.4 is 5.32 Å². The van der Waals surface area contributed by atoms with E-state index in [2.05, 4.69) is 10.3 Å². The topological polar surface area (TPSA) is 58.4 Å². The molecular weight excluding hydrogens is 337 g/mol. The quantitative estimate of drug-likeness (QED) is 0.852. The van der Waals surface area contributed by atoms with Gasteiger partial charge < -0.3 is 14.6 Å². The normalized spacial score (nSPS) is 23.1. The van der Waals surface area contributed by atoms with Crippen molar-refractivity contribution < 1.29 is 9.21 Å². The van der Waals surface area contributed by atoms with Crippen LogP contribution in [0.5, 0.6) is 0 Å². The number of hydrogen-bond donors (Lipinski definition) is 1. The number of pyridine rings is 1. The van der Waals surface area contributed by atoms with Crippen molar-refractivity contribution in [2.45, 2.75) is 38.3 Å². The van der Waals surface area contributed by atoms with Gasteiger partial charge in [0.05, 0.1) is 0 Å². The second kappa shape index (κ2) is 7.07. The summed E-state index contributed by atoms with van der Waals surface area (Å²) in [5, 5.41) is 3.41. The van der Waals surface area contributed by atoms with E-state index < -0.39 is 0 Å². The monoisotopic (exact) mass is 357 g/mol. The van der Waals surface area contributed by atoms with Gasteiger partial charge in [0, 0.05) is 30.4 Å². The smallest absolute Gasteiger partial charge is 0.290 e. The van der Waals surface area contributed by atoms with E-state index in [0.717, 1.165) is 43.6 Å². The van der Waals surface area contributed by atoms with Crippen LogP contribution >= 0.6 is 24.8 Å². The Balaban J connectivity index is 0.000000960. The van der Waals surface area contributed by atoms with Crippen molar-refractivity contribution >= 4 is 41.8 Å². The van der Waals surface area contributed by atoms with Gasteiger partial charge in [-0.1, -0.05) is 0 Å². The third-order valence-electron chi connectivity index (χ3n) is 4.61. The lowest BCUT2D eigenvalue weighted by Crippen LogP contribution is -2.42. The molecule has 0 aromatic carbocycles. The van der Waals surface area contributed by atoms with Crippen LogP contribution in [-0.4, -0.2) is 41.0 Å². The maximum atomic E-state index is 12.8. The maximum Gasteiger partial charge on any atom is 0.290 e. The number of halogens is 2.